The summed E-state index contributed by atoms with van der Waals surface area (Å²) in [6, 6.07) is 16.7. The van der Waals surface area contributed by atoms with Crippen molar-refractivity contribution in [2.45, 2.75) is 39.3 Å². The van der Waals surface area contributed by atoms with Crippen molar-refractivity contribution >= 4 is 12.0 Å². The number of nitrogens with zero attached hydrogens (tertiary/aromatic N) is 1. The molecule has 1 amide bonds. The lowest BCUT2D eigenvalue weighted by atomic mass is 10.1. The van der Waals surface area contributed by atoms with Crippen molar-refractivity contribution in [3.63, 3.8) is 0 Å². The van der Waals surface area contributed by atoms with Gasteiger partial charge in [-0.2, -0.15) is 0 Å². The number of likely N-dealkylation sites (tertiary alicyclic amines) is 1. The van der Waals surface area contributed by atoms with Crippen molar-refractivity contribution in [2.75, 3.05) is 13.1 Å². The zero-order valence-corrected chi connectivity index (χ0v) is 15.6. The molecule has 0 radical (unpaired) electrons. The van der Waals surface area contributed by atoms with Gasteiger partial charge >= 0.3 is 0 Å². The van der Waals surface area contributed by atoms with Gasteiger partial charge in [0.1, 0.15) is 0 Å². The monoisotopic (exact) mass is 348 g/mol. The average Bonchev–Trinajstić information content (AvgIpc) is 2.68. The Balaban J connectivity index is 1.45. The van der Waals surface area contributed by atoms with Crippen LogP contribution in [0.1, 0.15) is 41.5 Å². The summed E-state index contributed by atoms with van der Waals surface area (Å²) in [7, 11) is 0. The molecule has 0 atom stereocenters. The van der Waals surface area contributed by atoms with E-state index in [0.717, 1.165) is 17.7 Å². The van der Waals surface area contributed by atoms with Crippen molar-refractivity contribution in [3.8, 4) is 0 Å². The van der Waals surface area contributed by atoms with E-state index in [2.05, 4.69) is 41.4 Å². The number of hydrogen-bond donors (Lipinski definition) is 1. The minimum absolute atomic E-state index is 0.0667. The highest BCUT2D eigenvalue weighted by Crippen LogP contribution is 2.13. The Morgan fingerprint density at radius 3 is 2.31 bits per heavy atom. The molecule has 0 bridgehead atoms. The van der Waals surface area contributed by atoms with E-state index in [1.165, 1.54) is 43.5 Å². The maximum absolute atomic E-state index is 12.0. The number of hydrogen-bond acceptors (Lipinski definition) is 2. The Morgan fingerprint density at radius 1 is 0.962 bits per heavy atom. The number of rotatable bonds is 6. The standard InChI is InChI=1S/C23H28N2O/c1-19-5-7-20(8-6-19)13-14-23(26)24-17-21-9-11-22(12-10-21)18-25-15-3-2-4-16-25/h5-14H,2-4,15-18H2,1H3,(H,24,26)/b14-13+. The van der Waals surface area contributed by atoms with Crippen LogP contribution in [-0.2, 0) is 17.9 Å². The van der Waals surface area contributed by atoms with Gasteiger partial charge < -0.3 is 5.32 Å². The molecule has 1 N–H and O–H groups in total. The molecule has 3 rings (SSSR count). The molecule has 0 saturated carbocycles. The fourth-order valence-corrected chi connectivity index (χ4v) is 3.24. The Kier molecular flexibility index (Phi) is 6.62. The van der Waals surface area contributed by atoms with E-state index in [9.17, 15) is 4.79 Å². The van der Waals surface area contributed by atoms with Crippen molar-refractivity contribution < 1.29 is 4.79 Å². The quantitative estimate of drug-likeness (QED) is 0.789. The molecule has 0 unspecified atom stereocenters. The van der Waals surface area contributed by atoms with Gasteiger partial charge in [0, 0.05) is 19.2 Å². The lowest BCUT2D eigenvalue weighted by Gasteiger charge is -2.26. The molecule has 0 spiro atoms. The summed E-state index contributed by atoms with van der Waals surface area (Å²) in [5.41, 5.74) is 4.73. The van der Waals surface area contributed by atoms with Gasteiger partial charge in [0.05, 0.1) is 0 Å². The van der Waals surface area contributed by atoms with Crippen molar-refractivity contribution in [1.82, 2.24) is 10.2 Å². The fraction of sp³-hybridized carbons (Fsp3) is 0.348. The van der Waals surface area contributed by atoms with Crippen LogP contribution in [0, 0.1) is 6.92 Å². The number of amides is 1. The smallest absolute Gasteiger partial charge is 0.244 e. The summed E-state index contributed by atoms with van der Waals surface area (Å²) in [6.07, 6.45) is 7.44. The minimum atomic E-state index is -0.0667. The van der Waals surface area contributed by atoms with Crippen LogP contribution in [0.4, 0.5) is 0 Å². The van der Waals surface area contributed by atoms with Gasteiger partial charge in [0.15, 0.2) is 0 Å². The first-order valence-corrected chi connectivity index (χ1v) is 9.52. The van der Waals surface area contributed by atoms with E-state index in [1.54, 1.807) is 6.08 Å². The molecule has 0 aromatic heterocycles. The molecular weight excluding hydrogens is 320 g/mol. The van der Waals surface area contributed by atoms with Crippen LogP contribution in [0.3, 0.4) is 0 Å². The number of piperidine rings is 1. The second-order valence-corrected chi connectivity index (χ2v) is 7.12. The minimum Gasteiger partial charge on any atom is -0.348 e. The normalized spacial score (nSPS) is 15.3. The molecule has 26 heavy (non-hydrogen) atoms. The molecule has 1 fully saturated rings. The predicted octanol–water partition coefficient (Wildman–Crippen LogP) is 4.31. The highest BCUT2D eigenvalue weighted by molar-refractivity contribution is 5.91. The van der Waals surface area contributed by atoms with Crippen molar-refractivity contribution in [1.29, 1.82) is 0 Å². The fourth-order valence-electron chi connectivity index (χ4n) is 3.24. The van der Waals surface area contributed by atoms with E-state index in [-0.39, 0.29) is 5.91 Å². The molecular formula is C23H28N2O. The van der Waals surface area contributed by atoms with Gasteiger partial charge in [-0.15, -0.1) is 0 Å². The lowest BCUT2D eigenvalue weighted by Crippen LogP contribution is -2.29. The molecule has 0 aliphatic carbocycles. The molecule has 136 valence electrons. The third-order valence-corrected chi connectivity index (χ3v) is 4.85. The predicted molar refractivity (Wildman–Crippen MR) is 108 cm³/mol. The molecule has 2 aromatic carbocycles. The highest BCUT2D eigenvalue weighted by Gasteiger charge is 2.10. The maximum atomic E-state index is 12.0. The summed E-state index contributed by atoms with van der Waals surface area (Å²) in [4.78, 5) is 14.5. The van der Waals surface area contributed by atoms with E-state index in [0.29, 0.717) is 6.54 Å². The third kappa shape index (κ3) is 5.85. The molecule has 1 heterocycles. The van der Waals surface area contributed by atoms with Gasteiger partial charge in [-0.3, -0.25) is 9.69 Å². The molecule has 1 saturated heterocycles. The van der Waals surface area contributed by atoms with Crippen LogP contribution >= 0.6 is 0 Å². The zero-order chi connectivity index (χ0) is 18.2. The van der Waals surface area contributed by atoms with Crippen LogP contribution < -0.4 is 5.32 Å². The first kappa shape index (κ1) is 18.4. The number of carbonyl (C=O) groups is 1. The van der Waals surface area contributed by atoms with E-state index in [1.807, 2.05) is 30.3 Å². The largest absolute Gasteiger partial charge is 0.348 e. The van der Waals surface area contributed by atoms with Gasteiger partial charge in [-0.1, -0.05) is 60.5 Å². The molecule has 3 nitrogen and oxygen atoms in total. The summed E-state index contributed by atoms with van der Waals surface area (Å²) in [5, 5.41) is 2.95. The summed E-state index contributed by atoms with van der Waals surface area (Å²) < 4.78 is 0. The Bertz CT molecular complexity index is 726. The number of nitrogens with one attached hydrogen (secondary N) is 1. The second-order valence-electron chi connectivity index (χ2n) is 7.12. The van der Waals surface area contributed by atoms with Gasteiger partial charge in [0.2, 0.25) is 5.91 Å². The number of carbonyl (C=O) groups excluding carboxylic acids is 1. The third-order valence-electron chi connectivity index (χ3n) is 4.85. The molecule has 1 aliphatic rings. The van der Waals surface area contributed by atoms with Crippen molar-refractivity contribution in [2.24, 2.45) is 0 Å². The van der Waals surface area contributed by atoms with Crippen LogP contribution in [0.15, 0.2) is 54.6 Å². The van der Waals surface area contributed by atoms with Crippen LogP contribution in [0.2, 0.25) is 0 Å². The first-order valence-electron chi connectivity index (χ1n) is 9.52. The molecule has 2 aromatic rings. The average molecular weight is 348 g/mol. The lowest BCUT2D eigenvalue weighted by molar-refractivity contribution is -0.116. The second kappa shape index (κ2) is 9.35. The Hall–Kier alpha value is -2.39. The van der Waals surface area contributed by atoms with E-state index < -0.39 is 0 Å². The van der Waals surface area contributed by atoms with Gasteiger partial charge in [-0.25, -0.2) is 0 Å². The first-order chi connectivity index (χ1) is 12.7. The van der Waals surface area contributed by atoms with Crippen molar-refractivity contribution in [3.05, 3.63) is 76.9 Å². The topological polar surface area (TPSA) is 32.3 Å². The van der Waals surface area contributed by atoms with Crippen LogP contribution in [0.5, 0.6) is 0 Å². The summed E-state index contributed by atoms with van der Waals surface area (Å²) in [6.45, 7) is 6.07. The molecule has 3 heteroatoms. The Morgan fingerprint density at radius 2 is 1.62 bits per heavy atom. The van der Waals surface area contributed by atoms with Gasteiger partial charge in [0.25, 0.3) is 0 Å². The summed E-state index contributed by atoms with van der Waals surface area (Å²) in [5.74, 6) is -0.0667. The van der Waals surface area contributed by atoms with E-state index in [4.69, 9.17) is 0 Å². The summed E-state index contributed by atoms with van der Waals surface area (Å²) >= 11 is 0. The Labute approximate surface area is 156 Å². The van der Waals surface area contributed by atoms with Crippen LogP contribution in [0.25, 0.3) is 6.08 Å². The van der Waals surface area contributed by atoms with Crippen LogP contribution in [-0.4, -0.2) is 23.9 Å². The zero-order valence-electron chi connectivity index (χ0n) is 15.6. The number of benzene rings is 2. The molecule has 1 aliphatic heterocycles. The van der Waals surface area contributed by atoms with Gasteiger partial charge in [-0.05, 0) is 55.6 Å². The highest BCUT2D eigenvalue weighted by atomic mass is 16.1. The SMILES string of the molecule is Cc1ccc(/C=C/C(=O)NCc2ccc(CN3CCCCC3)cc2)cc1. The van der Waals surface area contributed by atoms with E-state index >= 15 is 0 Å². The maximum Gasteiger partial charge on any atom is 0.244 e. The number of aryl methyl sites for hydroxylation is 1.